The van der Waals surface area contributed by atoms with Crippen molar-refractivity contribution in [3.8, 4) is 17.6 Å². The van der Waals surface area contributed by atoms with E-state index in [0.717, 1.165) is 22.6 Å². The van der Waals surface area contributed by atoms with Gasteiger partial charge in [0.05, 0.1) is 0 Å². The van der Waals surface area contributed by atoms with Crippen molar-refractivity contribution < 1.29 is 13.9 Å². The zero-order valence-electron chi connectivity index (χ0n) is 15.2. The first-order valence-electron chi connectivity index (χ1n) is 8.61. The molecule has 3 rings (SSSR count). The van der Waals surface area contributed by atoms with Gasteiger partial charge >= 0.3 is 0 Å². The lowest BCUT2D eigenvalue weighted by Gasteiger charge is -2.30. The quantitative estimate of drug-likeness (QED) is 0.562. The number of hydrogen-bond acceptors (Lipinski definition) is 4. The van der Waals surface area contributed by atoms with E-state index in [0.29, 0.717) is 5.75 Å². The fourth-order valence-electron chi connectivity index (χ4n) is 2.88. The second kappa shape index (κ2) is 8.81. The summed E-state index contributed by atoms with van der Waals surface area (Å²) in [5.41, 5.74) is 1.15. The maximum Gasteiger partial charge on any atom is 0.149 e. The molecule has 1 atom stereocenters. The van der Waals surface area contributed by atoms with Crippen LogP contribution in [0.4, 0.5) is 4.39 Å². The van der Waals surface area contributed by atoms with Crippen LogP contribution in [0.3, 0.4) is 0 Å². The van der Waals surface area contributed by atoms with Gasteiger partial charge in [0.25, 0.3) is 0 Å². The van der Waals surface area contributed by atoms with Crippen molar-refractivity contribution in [1.29, 1.82) is 0 Å². The standard InChI is InChI=1S/C22H20FNO2S/c1-3-22(25-2,21-24-13-15-27-21)18-7-4-8-20(16-18)26-14-5-6-17-9-11-19(23)12-10-17/h4,7-13,15-16H,3,14H2,1-2H3. The van der Waals surface area contributed by atoms with Crippen LogP contribution >= 0.6 is 11.3 Å². The van der Waals surface area contributed by atoms with Gasteiger partial charge in [-0.2, -0.15) is 0 Å². The molecule has 3 nitrogen and oxygen atoms in total. The molecule has 3 aromatic rings. The summed E-state index contributed by atoms with van der Waals surface area (Å²) in [6.45, 7) is 2.32. The SMILES string of the molecule is CCC(OC)(c1cccc(OCC#Cc2ccc(F)cc2)c1)c1nccs1. The summed E-state index contributed by atoms with van der Waals surface area (Å²) in [6, 6.07) is 13.9. The van der Waals surface area contributed by atoms with Crippen LogP contribution < -0.4 is 4.74 Å². The Bertz CT molecular complexity index is 923. The minimum atomic E-state index is -0.590. The van der Waals surface area contributed by atoms with E-state index in [4.69, 9.17) is 9.47 Å². The number of ether oxygens (including phenoxy) is 2. The van der Waals surface area contributed by atoms with E-state index in [1.165, 1.54) is 12.1 Å². The fraction of sp³-hybridized carbons (Fsp3) is 0.227. The van der Waals surface area contributed by atoms with Crippen molar-refractivity contribution in [2.45, 2.75) is 18.9 Å². The largest absolute Gasteiger partial charge is 0.481 e. The van der Waals surface area contributed by atoms with Crippen LogP contribution in [-0.4, -0.2) is 18.7 Å². The number of halogens is 1. The Kier molecular flexibility index (Phi) is 6.23. The first-order valence-corrected chi connectivity index (χ1v) is 9.49. The Balaban J connectivity index is 1.75. The molecule has 1 heterocycles. The molecule has 138 valence electrons. The van der Waals surface area contributed by atoms with Crippen molar-refractivity contribution >= 4 is 11.3 Å². The van der Waals surface area contributed by atoms with Gasteiger partial charge in [-0.1, -0.05) is 30.9 Å². The van der Waals surface area contributed by atoms with Crippen molar-refractivity contribution in [2.75, 3.05) is 13.7 Å². The molecular formula is C22H20FNO2S. The molecule has 0 bridgehead atoms. The summed E-state index contributed by atoms with van der Waals surface area (Å²) in [5, 5.41) is 2.87. The fourth-order valence-corrected chi connectivity index (χ4v) is 3.79. The monoisotopic (exact) mass is 381 g/mol. The van der Waals surface area contributed by atoms with Crippen molar-refractivity contribution in [2.24, 2.45) is 0 Å². The summed E-state index contributed by atoms with van der Waals surface area (Å²) < 4.78 is 24.6. The molecule has 0 spiro atoms. The van der Waals surface area contributed by atoms with Crippen molar-refractivity contribution in [1.82, 2.24) is 4.98 Å². The number of methoxy groups -OCH3 is 1. The minimum Gasteiger partial charge on any atom is -0.481 e. The van der Waals surface area contributed by atoms with Crippen LogP contribution in [0, 0.1) is 17.7 Å². The van der Waals surface area contributed by atoms with Crippen molar-refractivity contribution in [3.05, 3.63) is 82.1 Å². The molecule has 0 aliphatic carbocycles. The number of aromatic nitrogens is 1. The lowest BCUT2D eigenvalue weighted by atomic mass is 9.91. The van der Waals surface area contributed by atoms with Gasteiger partial charge in [-0.3, -0.25) is 0 Å². The van der Waals surface area contributed by atoms with Crippen LogP contribution in [0.25, 0.3) is 0 Å². The first-order chi connectivity index (χ1) is 13.2. The van der Waals surface area contributed by atoms with E-state index in [-0.39, 0.29) is 12.4 Å². The lowest BCUT2D eigenvalue weighted by Crippen LogP contribution is -2.29. The summed E-state index contributed by atoms with van der Waals surface area (Å²) in [7, 11) is 1.70. The Labute approximate surface area is 162 Å². The molecule has 0 aliphatic rings. The number of thiazole rings is 1. The Morgan fingerprint density at radius 1 is 1.19 bits per heavy atom. The molecule has 2 aromatic carbocycles. The summed E-state index contributed by atoms with van der Waals surface area (Å²) >= 11 is 1.57. The number of nitrogens with zero attached hydrogens (tertiary/aromatic N) is 1. The summed E-state index contributed by atoms with van der Waals surface area (Å²) in [4.78, 5) is 4.46. The predicted octanol–water partition coefficient (Wildman–Crippen LogP) is 5.01. The molecule has 0 saturated carbocycles. The van der Waals surface area contributed by atoms with E-state index in [1.807, 2.05) is 29.6 Å². The van der Waals surface area contributed by atoms with Gasteiger partial charge in [0.2, 0.25) is 0 Å². The molecule has 0 fully saturated rings. The molecule has 1 unspecified atom stereocenters. The first kappa shape index (κ1) is 19.1. The second-order valence-electron chi connectivity index (χ2n) is 5.85. The summed E-state index contributed by atoms with van der Waals surface area (Å²) in [6.07, 6.45) is 2.54. The highest BCUT2D eigenvalue weighted by molar-refractivity contribution is 7.09. The van der Waals surface area contributed by atoms with Gasteiger partial charge in [-0.05, 0) is 48.4 Å². The average Bonchev–Trinajstić information content (AvgIpc) is 3.24. The molecule has 0 amide bonds. The zero-order chi connectivity index (χ0) is 19.1. The molecule has 5 heteroatoms. The third-order valence-electron chi connectivity index (χ3n) is 4.31. The molecule has 27 heavy (non-hydrogen) atoms. The van der Waals surface area contributed by atoms with Crippen molar-refractivity contribution in [3.63, 3.8) is 0 Å². The Morgan fingerprint density at radius 2 is 2.00 bits per heavy atom. The van der Waals surface area contributed by atoms with E-state index >= 15 is 0 Å². The van der Waals surface area contributed by atoms with Gasteiger partial charge in [-0.15, -0.1) is 11.3 Å². The third kappa shape index (κ3) is 4.36. The highest BCUT2D eigenvalue weighted by atomic mass is 32.1. The normalized spacial score (nSPS) is 12.7. The van der Waals surface area contributed by atoms with Gasteiger partial charge in [0.15, 0.2) is 0 Å². The topological polar surface area (TPSA) is 31.4 Å². The van der Waals surface area contributed by atoms with E-state index in [2.05, 4.69) is 23.7 Å². The Hall–Kier alpha value is -2.68. The highest BCUT2D eigenvalue weighted by Crippen LogP contribution is 2.38. The number of benzene rings is 2. The number of hydrogen-bond donors (Lipinski definition) is 0. The molecule has 0 saturated heterocycles. The highest BCUT2D eigenvalue weighted by Gasteiger charge is 2.35. The number of rotatable bonds is 6. The van der Waals surface area contributed by atoms with Gasteiger partial charge in [-0.25, -0.2) is 9.37 Å². The van der Waals surface area contributed by atoms with E-state index < -0.39 is 5.60 Å². The second-order valence-corrected chi connectivity index (χ2v) is 6.74. The third-order valence-corrected chi connectivity index (χ3v) is 5.23. The zero-order valence-corrected chi connectivity index (χ0v) is 16.1. The lowest BCUT2D eigenvalue weighted by molar-refractivity contribution is 0.0182. The van der Waals surface area contributed by atoms with Crippen LogP contribution in [0.15, 0.2) is 60.1 Å². The predicted molar refractivity (Wildman–Crippen MR) is 105 cm³/mol. The maximum atomic E-state index is 12.9. The molecule has 1 aromatic heterocycles. The Morgan fingerprint density at radius 3 is 2.67 bits per heavy atom. The van der Waals surface area contributed by atoms with Crippen LogP contribution in [0.1, 0.15) is 29.5 Å². The summed E-state index contributed by atoms with van der Waals surface area (Å²) in [5.74, 6) is 6.35. The smallest absolute Gasteiger partial charge is 0.149 e. The van der Waals surface area contributed by atoms with Crippen LogP contribution in [0.5, 0.6) is 5.75 Å². The maximum absolute atomic E-state index is 12.9. The molecule has 0 radical (unpaired) electrons. The van der Waals surface area contributed by atoms with Gasteiger partial charge in [0.1, 0.15) is 28.8 Å². The van der Waals surface area contributed by atoms with E-state index in [1.54, 1.807) is 36.8 Å². The van der Waals surface area contributed by atoms with Crippen LogP contribution in [0.2, 0.25) is 0 Å². The van der Waals surface area contributed by atoms with Gasteiger partial charge in [0, 0.05) is 24.3 Å². The molecule has 0 aliphatic heterocycles. The average molecular weight is 381 g/mol. The minimum absolute atomic E-state index is 0.240. The van der Waals surface area contributed by atoms with E-state index in [9.17, 15) is 4.39 Å². The molecular weight excluding hydrogens is 361 g/mol. The van der Waals surface area contributed by atoms with Crippen LogP contribution in [-0.2, 0) is 10.3 Å². The molecule has 0 N–H and O–H groups in total. The van der Waals surface area contributed by atoms with Gasteiger partial charge < -0.3 is 9.47 Å².